The van der Waals surface area contributed by atoms with Gasteiger partial charge in [0, 0.05) is 13.5 Å². The van der Waals surface area contributed by atoms with Crippen molar-refractivity contribution in [3.63, 3.8) is 0 Å². The molecule has 0 aliphatic carbocycles. The minimum Gasteiger partial charge on any atom is -0.384 e. The number of carbonyl (C=O) groups excluding carboxylic acids is 1. The van der Waals surface area contributed by atoms with Gasteiger partial charge in [-0.3, -0.25) is 4.79 Å². The Balaban J connectivity index is 3.19. The van der Waals surface area contributed by atoms with E-state index in [9.17, 15) is 4.79 Å². The van der Waals surface area contributed by atoms with Gasteiger partial charge in [-0.2, -0.15) is 0 Å². The van der Waals surface area contributed by atoms with Gasteiger partial charge in [-0.1, -0.05) is 5.92 Å². The third-order valence-corrected chi connectivity index (χ3v) is 0.884. The zero-order valence-electron chi connectivity index (χ0n) is 5.52. The number of ether oxygens (including phenoxy) is 1. The van der Waals surface area contributed by atoms with Crippen LogP contribution in [0.25, 0.3) is 0 Å². The largest absolute Gasteiger partial charge is 0.384 e. The molecular weight excluding hydrogens is 116 g/mol. The highest BCUT2D eigenvalue weighted by Gasteiger charge is 1.96. The molecule has 2 nitrogen and oxygen atoms in total. The minimum absolute atomic E-state index is 0.0688. The van der Waals surface area contributed by atoms with Gasteiger partial charge in [0.1, 0.15) is 5.78 Å². The van der Waals surface area contributed by atoms with Crippen LogP contribution in [0, 0.1) is 12.3 Å². The van der Waals surface area contributed by atoms with Crippen molar-refractivity contribution >= 4 is 5.78 Å². The maximum absolute atomic E-state index is 10.6. The van der Waals surface area contributed by atoms with Crippen LogP contribution in [0.5, 0.6) is 0 Å². The van der Waals surface area contributed by atoms with Crippen molar-refractivity contribution in [3.8, 4) is 12.3 Å². The Morgan fingerprint density at radius 1 is 1.78 bits per heavy atom. The fourth-order valence-electron chi connectivity index (χ4n) is 0.418. The first-order chi connectivity index (χ1) is 4.31. The van der Waals surface area contributed by atoms with E-state index in [4.69, 9.17) is 6.42 Å². The Kier molecular flexibility index (Phi) is 4.85. The van der Waals surface area contributed by atoms with Crippen LogP contribution in [-0.4, -0.2) is 19.5 Å². The molecule has 2 heteroatoms. The molecule has 0 aromatic rings. The molecule has 0 atom stereocenters. The van der Waals surface area contributed by atoms with Gasteiger partial charge in [0.2, 0.25) is 0 Å². The van der Waals surface area contributed by atoms with Crippen molar-refractivity contribution in [2.24, 2.45) is 0 Å². The molecule has 0 aliphatic heterocycles. The number of rotatable bonds is 4. The van der Waals surface area contributed by atoms with E-state index in [0.717, 1.165) is 0 Å². The monoisotopic (exact) mass is 126 g/mol. The average molecular weight is 126 g/mol. The Hall–Kier alpha value is -0.810. The molecule has 0 spiro atoms. The predicted octanol–water partition coefficient (Wildman–Crippen LogP) is 0.615. The molecule has 0 radical (unpaired) electrons. The summed E-state index contributed by atoms with van der Waals surface area (Å²) in [4.78, 5) is 10.6. The van der Waals surface area contributed by atoms with Gasteiger partial charge in [-0.25, -0.2) is 0 Å². The highest BCUT2D eigenvalue weighted by molar-refractivity contribution is 5.80. The number of ketones is 1. The summed E-state index contributed by atoms with van der Waals surface area (Å²) in [6.07, 6.45) is 5.55. The van der Waals surface area contributed by atoms with Gasteiger partial charge in [-0.05, 0) is 0 Å². The maximum Gasteiger partial charge on any atom is 0.147 e. The molecule has 0 rings (SSSR count). The van der Waals surface area contributed by atoms with Gasteiger partial charge in [0.25, 0.3) is 0 Å². The van der Waals surface area contributed by atoms with Gasteiger partial charge in [0.15, 0.2) is 0 Å². The summed E-state index contributed by atoms with van der Waals surface area (Å²) in [7, 11) is 1.56. The van der Waals surface area contributed by atoms with E-state index in [-0.39, 0.29) is 12.2 Å². The Labute approximate surface area is 55.2 Å². The van der Waals surface area contributed by atoms with E-state index >= 15 is 0 Å². The standard InChI is InChI=1S/C7H10O2/c1-3-4-7(8)5-6-9-2/h1H,4-6H2,2H3. The van der Waals surface area contributed by atoms with Crippen molar-refractivity contribution in [1.82, 2.24) is 0 Å². The van der Waals surface area contributed by atoms with Crippen molar-refractivity contribution < 1.29 is 9.53 Å². The molecule has 0 amide bonds. The summed E-state index contributed by atoms with van der Waals surface area (Å²) in [5.41, 5.74) is 0. The molecule has 0 saturated carbocycles. The molecule has 0 aromatic carbocycles. The fourth-order valence-corrected chi connectivity index (χ4v) is 0.418. The van der Waals surface area contributed by atoms with Gasteiger partial charge < -0.3 is 4.74 Å². The smallest absolute Gasteiger partial charge is 0.147 e. The number of carbonyl (C=O) groups is 1. The van der Waals surface area contributed by atoms with E-state index in [2.05, 4.69) is 10.7 Å². The summed E-state index contributed by atoms with van der Waals surface area (Å²) < 4.78 is 4.67. The van der Waals surface area contributed by atoms with Crippen LogP contribution in [-0.2, 0) is 9.53 Å². The van der Waals surface area contributed by atoms with E-state index in [1.54, 1.807) is 7.11 Å². The molecule has 0 aliphatic rings. The van der Waals surface area contributed by atoms with Crippen LogP contribution in [0.3, 0.4) is 0 Å². The number of hydrogen-bond donors (Lipinski definition) is 0. The second-order valence-corrected chi connectivity index (χ2v) is 1.66. The third kappa shape index (κ3) is 5.05. The van der Waals surface area contributed by atoms with E-state index < -0.39 is 0 Å². The van der Waals surface area contributed by atoms with E-state index in [1.807, 2.05) is 0 Å². The highest BCUT2D eigenvalue weighted by atomic mass is 16.5. The number of Topliss-reactive ketones (excluding diaryl/α,β-unsaturated/α-hetero) is 1. The molecule has 0 unspecified atom stereocenters. The summed E-state index contributed by atoms with van der Waals surface area (Å²) in [5.74, 6) is 2.34. The van der Waals surface area contributed by atoms with Crippen LogP contribution >= 0.6 is 0 Å². The lowest BCUT2D eigenvalue weighted by molar-refractivity contribution is -0.118. The summed E-state index contributed by atoms with van der Waals surface area (Å²) in [5, 5.41) is 0. The molecule has 0 aromatic heterocycles. The quantitative estimate of drug-likeness (QED) is 0.516. The molecule has 50 valence electrons. The summed E-state index contributed by atoms with van der Waals surface area (Å²) >= 11 is 0. The van der Waals surface area contributed by atoms with Crippen LogP contribution in [0.2, 0.25) is 0 Å². The van der Waals surface area contributed by atoms with Crippen LogP contribution in [0.15, 0.2) is 0 Å². The van der Waals surface area contributed by atoms with Crippen molar-refractivity contribution in [2.45, 2.75) is 12.8 Å². The first-order valence-corrected chi connectivity index (χ1v) is 2.75. The van der Waals surface area contributed by atoms with E-state index in [1.165, 1.54) is 0 Å². The normalized spacial score (nSPS) is 8.44. The first kappa shape index (κ1) is 8.19. The second kappa shape index (κ2) is 5.33. The van der Waals surface area contributed by atoms with Crippen molar-refractivity contribution in [3.05, 3.63) is 0 Å². The molecule has 0 heterocycles. The summed E-state index contributed by atoms with van der Waals surface area (Å²) in [6.45, 7) is 0.473. The molecule has 0 saturated heterocycles. The Morgan fingerprint density at radius 2 is 2.44 bits per heavy atom. The molecule has 9 heavy (non-hydrogen) atoms. The number of methoxy groups -OCH3 is 1. The minimum atomic E-state index is 0.0688. The lowest BCUT2D eigenvalue weighted by Crippen LogP contribution is -2.00. The zero-order chi connectivity index (χ0) is 7.11. The number of hydrogen-bond acceptors (Lipinski definition) is 2. The van der Waals surface area contributed by atoms with Crippen LogP contribution in [0.1, 0.15) is 12.8 Å². The van der Waals surface area contributed by atoms with Gasteiger partial charge >= 0.3 is 0 Å². The van der Waals surface area contributed by atoms with Gasteiger partial charge in [-0.15, -0.1) is 6.42 Å². The Morgan fingerprint density at radius 3 is 2.89 bits per heavy atom. The maximum atomic E-state index is 10.6. The second-order valence-electron chi connectivity index (χ2n) is 1.66. The molecule has 0 N–H and O–H groups in total. The fraction of sp³-hybridized carbons (Fsp3) is 0.571. The van der Waals surface area contributed by atoms with Crippen molar-refractivity contribution in [1.29, 1.82) is 0 Å². The molecule has 0 bridgehead atoms. The van der Waals surface area contributed by atoms with Crippen molar-refractivity contribution in [2.75, 3.05) is 13.7 Å². The lowest BCUT2D eigenvalue weighted by atomic mass is 10.2. The average Bonchev–Trinajstić information content (AvgIpc) is 1.85. The zero-order valence-corrected chi connectivity index (χ0v) is 5.52. The molecular formula is C7H10O2. The predicted molar refractivity (Wildman–Crippen MR) is 34.9 cm³/mol. The third-order valence-electron chi connectivity index (χ3n) is 0.884. The van der Waals surface area contributed by atoms with Crippen LogP contribution < -0.4 is 0 Å². The van der Waals surface area contributed by atoms with Crippen LogP contribution in [0.4, 0.5) is 0 Å². The Bertz CT molecular complexity index is 121. The van der Waals surface area contributed by atoms with E-state index in [0.29, 0.717) is 13.0 Å². The lowest BCUT2D eigenvalue weighted by Gasteiger charge is -1.92. The van der Waals surface area contributed by atoms with Gasteiger partial charge in [0.05, 0.1) is 13.0 Å². The highest BCUT2D eigenvalue weighted by Crippen LogP contribution is 1.87. The SMILES string of the molecule is C#CCC(=O)CCOC. The first-order valence-electron chi connectivity index (χ1n) is 2.75. The number of terminal acetylenes is 1. The summed E-state index contributed by atoms with van der Waals surface area (Å²) in [6, 6.07) is 0. The molecule has 0 fully saturated rings. The topological polar surface area (TPSA) is 26.3 Å².